The summed E-state index contributed by atoms with van der Waals surface area (Å²) >= 11 is 0. The molecule has 0 bridgehead atoms. The first-order chi connectivity index (χ1) is 12.9. The van der Waals surface area contributed by atoms with Gasteiger partial charge in [0.25, 0.3) is 0 Å². The number of carboxylic acids is 1. The maximum Gasteiger partial charge on any atom is 0.321 e. The number of nitrogens with zero attached hydrogens (tertiary/aromatic N) is 2. The van der Waals surface area contributed by atoms with Gasteiger partial charge < -0.3 is 25.0 Å². The van der Waals surface area contributed by atoms with E-state index in [4.69, 9.17) is 4.74 Å². The molecule has 2 saturated heterocycles. The van der Waals surface area contributed by atoms with Crippen molar-refractivity contribution in [2.45, 2.75) is 31.7 Å². The number of rotatable bonds is 4. The number of benzene rings is 1. The minimum absolute atomic E-state index is 0.0320. The number of amides is 3. The number of likely N-dealkylation sites (tertiary alicyclic amines) is 2. The summed E-state index contributed by atoms with van der Waals surface area (Å²) in [6.45, 7) is 3.30. The van der Waals surface area contributed by atoms with E-state index in [1.807, 2.05) is 6.92 Å². The molecule has 2 fully saturated rings. The molecule has 2 N–H and O–H groups in total. The van der Waals surface area contributed by atoms with Crippen LogP contribution in [0.2, 0.25) is 0 Å². The van der Waals surface area contributed by atoms with Crippen molar-refractivity contribution in [1.82, 2.24) is 9.80 Å². The Morgan fingerprint density at radius 3 is 2.44 bits per heavy atom. The van der Waals surface area contributed by atoms with Crippen molar-refractivity contribution in [3.05, 3.63) is 24.3 Å². The highest BCUT2D eigenvalue weighted by Crippen LogP contribution is 2.42. The Balaban J connectivity index is 1.62. The number of hydrogen-bond acceptors (Lipinski definition) is 4. The van der Waals surface area contributed by atoms with Gasteiger partial charge in [-0.2, -0.15) is 0 Å². The number of aliphatic carboxylic acids is 1. The van der Waals surface area contributed by atoms with Gasteiger partial charge in [0.1, 0.15) is 5.75 Å². The Bertz CT molecular complexity index is 725. The molecule has 2 heterocycles. The Morgan fingerprint density at radius 2 is 1.89 bits per heavy atom. The van der Waals surface area contributed by atoms with Crippen LogP contribution in [-0.2, 0) is 9.59 Å². The van der Waals surface area contributed by atoms with E-state index in [-0.39, 0.29) is 18.4 Å². The third-order valence-electron chi connectivity index (χ3n) is 5.70. The van der Waals surface area contributed by atoms with Gasteiger partial charge in [0, 0.05) is 32.2 Å². The van der Waals surface area contributed by atoms with E-state index in [0.29, 0.717) is 38.2 Å². The van der Waals surface area contributed by atoms with Gasteiger partial charge in [0.15, 0.2) is 0 Å². The normalized spacial score (nSPS) is 21.4. The number of urea groups is 1. The summed E-state index contributed by atoms with van der Waals surface area (Å²) < 4.78 is 5.38. The molecule has 2 aliphatic heterocycles. The summed E-state index contributed by atoms with van der Waals surface area (Å²) in [6, 6.07) is 6.91. The van der Waals surface area contributed by atoms with E-state index in [9.17, 15) is 19.5 Å². The first-order valence-electron chi connectivity index (χ1n) is 9.15. The van der Waals surface area contributed by atoms with E-state index in [0.717, 1.165) is 5.75 Å². The van der Waals surface area contributed by atoms with Crippen molar-refractivity contribution in [2.24, 2.45) is 5.92 Å². The maximum atomic E-state index is 12.5. The van der Waals surface area contributed by atoms with Gasteiger partial charge >= 0.3 is 12.0 Å². The summed E-state index contributed by atoms with van der Waals surface area (Å²) in [5.74, 6) is -1.06. The van der Waals surface area contributed by atoms with Gasteiger partial charge in [0.05, 0.1) is 18.1 Å². The van der Waals surface area contributed by atoms with Crippen LogP contribution in [0.5, 0.6) is 5.75 Å². The lowest BCUT2D eigenvalue weighted by atomic mass is 9.77. The van der Waals surface area contributed by atoms with Crippen LogP contribution in [0, 0.1) is 5.92 Å². The Morgan fingerprint density at radius 1 is 1.26 bits per heavy atom. The highest BCUT2D eigenvalue weighted by Gasteiger charge is 2.55. The summed E-state index contributed by atoms with van der Waals surface area (Å²) in [5, 5.41) is 12.4. The molecule has 3 amide bonds. The van der Waals surface area contributed by atoms with E-state index in [1.54, 1.807) is 41.1 Å². The molecule has 0 unspecified atom stereocenters. The van der Waals surface area contributed by atoms with Crippen molar-refractivity contribution in [3.8, 4) is 5.75 Å². The highest BCUT2D eigenvalue weighted by atomic mass is 16.5. The third-order valence-corrected chi connectivity index (χ3v) is 5.70. The van der Waals surface area contributed by atoms with Gasteiger partial charge in [-0.25, -0.2) is 4.79 Å². The molecule has 1 aromatic carbocycles. The number of anilines is 1. The van der Waals surface area contributed by atoms with E-state index < -0.39 is 17.4 Å². The van der Waals surface area contributed by atoms with Crippen LogP contribution < -0.4 is 10.1 Å². The smallest absolute Gasteiger partial charge is 0.321 e. The quantitative estimate of drug-likeness (QED) is 0.839. The Hall–Kier alpha value is -2.77. The van der Waals surface area contributed by atoms with Crippen LogP contribution in [0.1, 0.15) is 26.2 Å². The molecule has 27 heavy (non-hydrogen) atoms. The van der Waals surface area contributed by atoms with E-state index in [1.165, 1.54) is 0 Å². The van der Waals surface area contributed by atoms with Gasteiger partial charge in [-0.1, -0.05) is 0 Å². The molecule has 0 saturated carbocycles. The molecule has 1 atom stereocenters. The Labute approximate surface area is 158 Å². The minimum atomic E-state index is -0.944. The average Bonchev–Trinajstić information content (AvgIpc) is 2.89. The third kappa shape index (κ3) is 3.56. The average molecular weight is 375 g/mol. The first-order valence-corrected chi connectivity index (χ1v) is 9.15. The van der Waals surface area contributed by atoms with E-state index >= 15 is 0 Å². The van der Waals surface area contributed by atoms with Crippen LogP contribution >= 0.6 is 0 Å². The zero-order chi connectivity index (χ0) is 19.6. The molecule has 146 valence electrons. The highest BCUT2D eigenvalue weighted by molar-refractivity contribution is 5.90. The molecule has 1 spiro atoms. The molecule has 0 aliphatic carbocycles. The molecule has 3 rings (SSSR count). The van der Waals surface area contributed by atoms with Crippen LogP contribution in [-0.4, -0.2) is 65.1 Å². The number of piperidine rings is 1. The second kappa shape index (κ2) is 7.46. The van der Waals surface area contributed by atoms with Gasteiger partial charge in [-0.05, 0) is 44.0 Å². The van der Waals surface area contributed by atoms with Crippen molar-refractivity contribution in [2.75, 3.05) is 32.1 Å². The predicted octanol–water partition coefficient (Wildman–Crippen LogP) is 2.01. The maximum absolute atomic E-state index is 12.5. The molecule has 2 aliphatic rings. The lowest BCUT2D eigenvalue weighted by molar-refractivity contribution is -0.145. The number of carbonyl (C=O) groups is 3. The molecule has 1 aromatic rings. The number of carbonyl (C=O) groups excluding carboxylic acids is 2. The summed E-state index contributed by atoms with van der Waals surface area (Å²) in [5.41, 5.74) is -0.0286. The number of carboxylic acid groups (broad SMARTS) is 1. The second-order valence-electron chi connectivity index (χ2n) is 7.03. The van der Waals surface area contributed by atoms with Crippen LogP contribution in [0.3, 0.4) is 0 Å². The van der Waals surface area contributed by atoms with Crippen molar-refractivity contribution >= 4 is 23.6 Å². The summed E-state index contributed by atoms with van der Waals surface area (Å²) in [7, 11) is 1.67. The number of ether oxygens (including phenoxy) is 1. The zero-order valence-corrected chi connectivity index (χ0v) is 15.6. The van der Waals surface area contributed by atoms with Crippen molar-refractivity contribution < 1.29 is 24.2 Å². The van der Waals surface area contributed by atoms with Gasteiger partial charge in [-0.15, -0.1) is 0 Å². The standard InChI is InChI=1S/C19H25N3O5/c1-3-27-14-6-4-13(5-7-14)20-18(26)22-10-8-19(9-11-22)15(17(24)25)12-16(23)21(19)2/h4-7,15H,3,8-12H2,1-2H3,(H,20,26)(H,24,25)/t15-/m0/s1. The SMILES string of the molecule is CCOc1ccc(NC(=O)N2CCC3(CC2)[C@H](C(=O)O)CC(=O)N3C)cc1. The van der Waals surface area contributed by atoms with Crippen molar-refractivity contribution in [3.63, 3.8) is 0 Å². The fraction of sp³-hybridized carbons (Fsp3) is 0.526. The van der Waals surface area contributed by atoms with Crippen LogP contribution in [0.4, 0.5) is 10.5 Å². The van der Waals surface area contributed by atoms with Crippen LogP contribution in [0.15, 0.2) is 24.3 Å². The number of nitrogens with one attached hydrogen (secondary N) is 1. The van der Waals surface area contributed by atoms with Gasteiger partial charge in [-0.3, -0.25) is 9.59 Å². The molecule has 0 radical (unpaired) electrons. The lowest BCUT2D eigenvalue weighted by Crippen LogP contribution is -2.57. The molecule has 8 nitrogen and oxygen atoms in total. The largest absolute Gasteiger partial charge is 0.494 e. The van der Waals surface area contributed by atoms with Crippen molar-refractivity contribution in [1.29, 1.82) is 0 Å². The summed E-state index contributed by atoms with van der Waals surface area (Å²) in [4.78, 5) is 39.4. The fourth-order valence-corrected chi connectivity index (χ4v) is 4.09. The zero-order valence-electron chi connectivity index (χ0n) is 15.6. The number of hydrogen-bond donors (Lipinski definition) is 2. The van der Waals surface area contributed by atoms with E-state index in [2.05, 4.69) is 5.32 Å². The molecular formula is C19H25N3O5. The molecular weight excluding hydrogens is 350 g/mol. The monoisotopic (exact) mass is 375 g/mol. The predicted molar refractivity (Wildman–Crippen MR) is 98.7 cm³/mol. The molecule has 0 aromatic heterocycles. The fourth-order valence-electron chi connectivity index (χ4n) is 4.09. The first kappa shape index (κ1) is 19.0. The van der Waals surface area contributed by atoms with Gasteiger partial charge in [0.2, 0.25) is 5.91 Å². The topological polar surface area (TPSA) is 99.2 Å². The Kier molecular flexibility index (Phi) is 5.25. The lowest BCUT2D eigenvalue weighted by Gasteiger charge is -2.45. The van der Waals surface area contributed by atoms with Crippen LogP contribution in [0.25, 0.3) is 0 Å². The molecule has 8 heteroatoms. The second-order valence-corrected chi connectivity index (χ2v) is 7.03. The summed E-state index contributed by atoms with van der Waals surface area (Å²) in [6.07, 6.45) is 0.954. The minimum Gasteiger partial charge on any atom is -0.494 e.